The Labute approximate surface area is 172 Å². The number of thiophene rings is 1. The van der Waals surface area contributed by atoms with E-state index in [1.807, 2.05) is 6.07 Å². The fraction of sp³-hybridized carbons (Fsp3) is 0.450. The van der Waals surface area contributed by atoms with Crippen LogP contribution in [0.15, 0.2) is 24.4 Å². The summed E-state index contributed by atoms with van der Waals surface area (Å²) in [5.74, 6) is 0.613. The maximum Gasteiger partial charge on any atom is 0.253 e. The van der Waals surface area contributed by atoms with E-state index in [1.54, 1.807) is 23.6 Å². The fourth-order valence-electron chi connectivity index (χ4n) is 4.02. The number of aliphatic hydroxyl groups is 1. The number of pyridine rings is 1. The van der Waals surface area contributed by atoms with Gasteiger partial charge >= 0.3 is 0 Å². The van der Waals surface area contributed by atoms with Crippen LogP contribution in [0.5, 0.6) is 0 Å². The number of nitrogens with zero attached hydrogens (tertiary/aromatic N) is 3. The average molecular weight is 413 g/mol. The molecule has 4 N–H and O–H groups in total. The van der Waals surface area contributed by atoms with Crippen LogP contribution in [0, 0.1) is 0 Å². The van der Waals surface area contributed by atoms with E-state index in [0.29, 0.717) is 29.1 Å². The number of carbonyl (C=O) groups is 1. The van der Waals surface area contributed by atoms with Crippen LogP contribution >= 0.6 is 11.3 Å². The van der Waals surface area contributed by atoms with Crippen LogP contribution in [-0.2, 0) is 0 Å². The van der Waals surface area contributed by atoms with Gasteiger partial charge in [0.25, 0.3) is 5.91 Å². The fourth-order valence-corrected chi connectivity index (χ4v) is 5.01. The maximum atomic E-state index is 12.8. The average Bonchev–Trinajstić information content (AvgIpc) is 3.46. The molecule has 0 aromatic carbocycles. The Hall–Kier alpha value is -2.49. The minimum absolute atomic E-state index is 0.0979. The molecule has 2 atom stereocenters. The van der Waals surface area contributed by atoms with Gasteiger partial charge in [-0.1, -0.05) is 0 Å². The smallest absolute Gasteiger partial charge is 0.253 e. The molecule has 1 amide bonds. The van der Waals surface area contributed by atoms with Gasteiger partial charge < -0.3 is 25.6 Å². The summed E-state index contributed by atoms with van der Waals surface area (Å²) in [5.41, 5.74) is 1.77. The van der Waals surface area contributed by atoms with E-state index in [2.05, 4.69) is 36.6 Å². The standard InChI is InChI=1S/C20H24N6O2S/c27-13-6-9-26(11-13)16-4-3-15(29-16)18-24-17-14(5-8-22-19(17)25-18)20(28)23-12-2-1-7-21-10-12/h3-5,8,12-13,21,27H,1-2,6-7,9-11H2,(H,23,28)(H,22,24,25). The molecule has 3 aromatic rings. The molecular weight excluding hydrogens is 388 g/mol. The van der Waals surface area contributed by atoms with Gasteiger partial charge in [-0.2, -0.15) is 0 Å². The molecule has 5 heterocycles. The van der Waals surface area contributed by atoms with E-state index in [1.165, 1.54) is 0 Å². The zero-order valence-corrected chi connectivity index (χ0v) is 16.8. The first kappa shape index (κ1) is 18.5. The number of hydrogen-bond acceptors (Lipinski definition) is 7. The summed E-state index contributed by atoms with van der Waals surface area (Å²) in [6.45, 7) is 3.34. The van der Waals surface area contributed by atoms with Gasteiger partial charge in [0.2, 0.25) is 0 Å². The highest BCUT2D eigenvalue weighted by molar-refractivity contribution is 7.19. The number of H-pyrrole nitrogens is 1. The zero-order chi connectivity index (χ0) is 19.8. The molecule has 0 radical (unpaired) electrons. The normalized spacial score (nSPS) is 22.3. The van der Waals surface area contributed by atoms with Gasteiger partial charge in [0, 0.05) is 31.9 Å². The van der Waals surface area contributed by atoms with E-state index in [4.69, 9.17) is 0 Å². The molecule has 0 saturated carbocycles. The minimum Gasteiger partial charge on any atom is -0.391 e. The van der Waals surface area contributed by atoms with Crippen molar-refractivity contribution < 1.29 is 9.90 Å². The number of nitrogens with one attached hydrogen (secondary N) is 3. The molecule has 8 nitrogen and oxygen atoms in total. The summed E-state index contributed by atoms with van der Waals surface area (Å²) >= 11 is 1.63. The number of hydrogen-bond donors (Lipinski definition) is 4. The van der Waals surface area contributed by atoms with Gasteiger partial charge in [0.05, 0.1) is 27.1 Å². The molecule has 0 aliphatic carbocycles. The third kappa shape index (κ3) is 3.73. The van der Waals surface area contributed by atoms with E-state index < -0.39 is 0 Å². The number of carbonyl (C=O) groups excluding carboxylic acids is 1. The Bertz CT molecular complexity index is 1030. The summed E-state index contributed by atoms with van der Waals surface area (Å²) in [5, 5.41) is 17.3. The Kier molecular flexibility index (Phi) is 4.94. The highest BCUT2D eigenvalue weighted by Crippen LogP contribution is 2.34. The number of rotatable bonds is 4. The predicted molar refractivity (Wildman–Crippen MR) is 113 cm³/mol. The van der Waals surface area contributed by atoms with Crippen LogP contribution in [0.4, 0.5) is 5.00 Å². The first-order valence-electron chi connectivity index (χ1n) is 10.1. The first-order chi connectivity index (χ1) is 14.2. The molecule has 3 aromatic heterocycles. The Morgan fingerprint density at radius 2 is 2.24 bits per heavy atom. The van der Waals surface area contributed by atoms with Crippen molar-refractivity contribution >= 4 is 33.4 Å². The quantitative estimate of drug-likeness (QED) is 0.520. The van der Waals surface area contributed by atoms with Crippen molar-refractivity contribution in [2.24, 2.45) is 0 Å². The molecule has 2 fully saturated rings. The molecule has 9 heteroatoms. The van der Waals surface area contributed by atoms with Gasteiger partial charge in [0.15, 0.2) is 11.5 Å². The van der Waals surface area contributed by atoms with E-state index in [0.717, 1.165) is 48.8 Å². The molecule has 2 unspecified atom stereocenters. The zero-order valence-electron chi connectivity index (χ0n) is 16.0. The summed E-state index contributed by atoms with van der Waals surface area (Å²) in [4.78, 5) is 28.3. The van der Waals surface area contributed by atoms with Crippen molar-refractivity contribution in [2.45, 2.75) is 31.4 Å². The van der Waals surface area contributed by atoms with Crippen LogP contribution in [0.3, 0.4) is 0 Å². The van der Waals surface area contributed by atoms with Gasteiger partial charge in [-0.3, -0.25) is 4.79 Å². The van der Waals surface area contributed by atoms with Crippen molar-refractivity contribution in [3.8, 4) is 10.7 Å². The second kappa shape index (κ2) is 7.74. The Morgan fingerprint density at radius 1 is 1.31 bits per heavy atom. The molecule has 29 heavy (non-hydrogen) atoms. The van der Waals surface area contributed by atoms with Crippen molar-refractivity contribution in [3.05, 3.63) is 30.0 Å². The topological polar surface area (TPSA) is 106 Å². The lowest BCUT2D eigenvalue weighted by Crippen LogP contribution is -2.45. The second-order valence-electron chi connectivity index (χ2n) is 7.69. The SMILES string of the molecule is O=C(NC1CCCNC1)c1ccnc2nc(-c3ccc(N4CCC(O)C4)s3)[nH]c12. The van der Waals surface area contributed by atoms with Crippen LogP contribution in [0.25, 0.3) is 21.9 Å². The summed E-state index contributed by atoms with van der Waals surface area (Å²) < 4.78 is 0. The molecule has 0 bridgehead atoms. The number of aliphatic hydroxyl groups excluding tert-OH is 1. The van der Waals surface area contributed by atoms with E-state index in [-0.39, 0.29) is 18.1 Å². The second-order valence-corrected chi connectivity index (χ2v) is 8.75. The molecule has 0 spiro atoms. The van der Waals surface area contributed by atoms with Gasteiger partial charge in [-0.25, -0.2) is 9.97 Å². The lowest BCUT2D eigenvalue weighted by Gasteiger charge is -2.23. The number of aromatic amines is 1. The predicted octanol–water partition coefficient (Wildman–Crippen LogP) is 1.74. The van der Waals surface area contributed by atoms with Crippen molar-refractivity contribution in [1.82, 2.24) is 25.6 Å². The van der Waals surface area contributed by atoms with Gasteiger partial charge in [0.1, 0.15) is 0 Å². The third-order valence-corrected chi connectivity index (χ3v) is 6.72. The van der Waals surface area contributed by atoms with Crippen LogP contribution in [-0.4, -0.2) is 64.3 Å². The van der Waals surface area contributed by atoms with Gasteiger partial charge in [-0.15, -0.1) is 11.3 Å². The number of anilines is 1. The monoisotopic (exact) mass is 412 g/mol. The van der Waals surface area contributed by atoms with Crippen molar-refractivity contribution in [1.29, 1.82) is 0 Å². The number of β-amino-alcohol motifs (C(OH)–C–C–N with tert-alkyl or cyclic N) is 1. The molecular formula is C20H24N6O2S. The van der Waals surface area contributed by atoms with Crippen LogP contribution in [0.1, 0.15) is 29.6 Å². The number of piperidine rings is 1. The highest BCUT2D eigenvalue weighted by Gasteiger charge is 2.23. The van der Waals surface area contributed by atoms with E-state index >= 15 is 0 Å². The summed E-state index contributed by atoms with van der Waals surface area (Å²) in [7, 11) is 0. The van der Waals surface area contributed by atoms with Crippen molar-refractivity contribution in [3.63, 3.8) is 0 Å². The Morgan fingerprint density at radius 3 is 3.03 bits per heavy atom. The van der Waals surface area contributed by atoms with Crippen LogP contribution in [0.2, 0.25) is 0 Å². The van der Waals surface area contributed by atoms with Crippen LogP contribution < -0.4 is 15.5 Å². The Balaban J connectivity index is 1.40. The number of imidazole rings is 1. The van der Waals surface area contributed by atoms with E-state index in [9.17, 15) is 9.90 Å². The first-order valence-corrected chi connectivity index (χ1v) is 10.9. The summed E-state index contributed by atoms with van der Waals surface area (Å²) in [6.07, 6.45) is 4.24. The molecule has 2 aliphatic rings. The molecule has 2 saturated heterocycles. The lowest BCUT2D eigenvalue weighted by atomic mass is 10.1. The maximum absolute atomic E-state index is 12.8. The lowest BCUT2D eigenvalue weighted by molar-refractivity contribution is 0.0932. The highest BCUT2D eigenvalue weighted by atomic mass is 32.1. The largest absolute Gasteiger partial charge is 0.391 e. The summed E-state index contributed by atoms with van der Waals surface area (Å²) in [6, 6.07) is 5.97. The van der Waals surface area contributed by atoms with Crippen molar-refractivity contribution in [2.75, 3.05) is 31.1 Å². The minimum atomic E-state index is -0.253. The number of amides is 1. The third-order valence-electron chi connectivity index (χ3n) is 5.57. The molecule has 5 rings (SSSR count). The molecule has 152 valence electrons. The number of fused-ring (bicyclic) bond motifs is 1. The molecule has 2 aliphatic heterocycles. The number of aromatic nitrogens is 3. The van der Waals surface area contributed by atoms with Gasteiger partial charge in [-0.05, 0) is 44.0 Å².